The van der Waals surface area contributed by atoms with E-state index in [1.54, 1.807) is 7.05 Å². The van der Waals surface area contributed by atoms with Crippen LogP contribution in [0.2, 0.25) is 0 Å². The molecule has 1 heterocycles. The highest BCUT2D eigenvalue weighted by atomic mass is 32.2. The first-order chi connectivity index (χ1) is 7.38. The van der Waals surface area contributed by atoms with Crippen LogP contribution in [0, 0.1) is 0 Å². The molecular formula is C9H18N2O4S. The van der Waals surface area contributed by atoms with E-state index in [0.717, 1.165) is 12.8 Å². The fourth-order valence-electron chi connectivity index (χ4n) is 1.48. The van der Waals surface area contributed by atoms with E-state index in [1.165, 1.54) is 4.90 Å². The lowest BCUT2D eigenvalue weighted by Crippen LogP contribution is -2.46. The van der Waals surface area contributed by atoms with Gasteiger partial charge in [-0.1, -0.05) is 0 Å². The van der Waals surface area contributed by atoms with Crippen molar-refractivity contribution >= 4 is 15.7 Å². The smallest absolute Gasteiger partial charge is 0.237 e. The summed E-state index contributed by atoms with van der Waals surface area (Å²) in [6, 6.07) is 0. The molecule has 0 aromatic heterocycles. The second kappa shape index (κ2) is 5.60. The van der Waals surface area contributed by atoms with Crippen molar-refractivity contribution in [3.63, 3.8) is 0 Å². The Hall–Kier alpha value is -0.660. The first-order valence-corrected chi connectivity index (χ1v) is 7.18. The third-order valence-corrected chi connectivity index (χ3v) is 3.06. The van der Waals surface area contributed by atoms with Crippen LogP contribution in [0.25, 0.3) is 0 Å². The van der Waals surface area contributed by atoms with Crippen molar-refractivity contribution in [3.8, 4) is 0 Å². The van der Waals surface area contributed by atoms with Crippen LogP contribution in [-0.4, -0.2) is 70.6 Å². The molecule has 1 N–H and O–H groups in total. The molecule has 7 heteroatoms. The first kappa shape index (κ1) is 13.4. The summed E-state index contributed by atoms with van der Waals surface area (Å²) in [6.45, 7) is 2.55. The Kier molecular flexibility index (Phi) is 4.69. The van der Waals surface area contributed by atoms with Gasteiger partial charge in [-0.25, -0.2) is 8.42 Å². The van der Waals surface area contributed by atoms with Crippen molar-refractivity contribution in [2.24, 2.45) is 0 Å². The maximum atomic E-state index is 11.5. The van der Waals surface area contributed by atoms with Crippen LogP contribution >= 0.6 is 0 Å². The third kappa shape index (κ3) is 4.91. The molecule has 1 aliphatic heterocycles. The van der Waals surface area contributed by atoms with E-state index >= 15 is 0 Å². The zero-order valence-corrected chi connectivity index (χ0v) is 10.4. The van der Waals surface area contributed by atoms with Crippen molar-refractivity contribution in [1.82, 2.24) is 10.2 Å². The maximum Gasteiger partial charge on any atom is 0.237 e. The predicted molar refractivity (Wildman–Crippen MR) is 60.0 cm³/mol. The van der Waals surface area contributed by atoms with Crippen LogP contribution in [0.3, 0.4) is 0 Å². The molecule has 94 valence electrons. The second-order valence-electron chi connectivity index (χ2n) is 4.04. The number of nitrogens with one attached hydrogen (secondary N) is 1. The average molecular weight is 250 g/mol. The van der Waals surface area contributed by atoms with Gasteiger partial charge in [0.2, 0.25) is 5.91 Å². The highest BCUT2D eigenvalue weighted by Crippen LogP contribution is 2.00. The number of morpholine rings is 1. The molecule has 0 radical (unpaired) electrons. The highest BCUT2D eigenvalue weighted by molar-refractivity contribution is 7.91. The van der Waals surface area contributed by atoms with E-state index in [1.807, 2.05) is 0 Å². The number of carbonyl (C=O) groups excluding carboxylic acids is 1. The van der Waals surface area contributed by atoms with Crippen LogP contribution in [0.5, 0.6) is 0 Å². The van der Waals surface area contributed by atoms with Crippen LogP contribution < -0.4 is 5.32 Å². The highest BCUT2D eigenvalue weighted by Gasteiger charge is 2.20. The van der Waals surface area contributed by atoms with Gasteiger partial charge in [0.1, 0.15) is 5.75 Å². The normalized spacial score (nSPS) is 21.8. The molecule has 1 rings (SSSR count). The molecule has 0 saturated carbocycles. The lowest BCUT2D eigenvalue weighted by atomic mass is 10.3. The zero-order chi connectivity index (χ0) is 12.2. The van der Waals surface area contributed by atoms with E-state index < -0.39 is 21.5 Å². The minimum absolute atomic E-state index is 0.0535. The number of amides is 1. The Labute approximate surface area is 95.9 Å². The Morgan fingerprint density at radius 1 is 1.56 bits per heavy atom. The molecule has 1 amide bonds. The van der Waals surface area contributed by atoms with Crippen molar-refractivity contribution in [3.05, 3.63) is 0 Å². The number of rotatable bonds is 4. The molecule has 6 nitrogen and oxygen atoms in total. The average Bonchev–Trinajstić information content (AvgIpc) is 2.16. The van der Waals surface area contributed by atoms with Gasteiger partial charge in [0.25, 0.3) is 0 Å². The van der Waals surface area contributed by atoms with Gasteiger partial charge in [-0.2, -0.15) is 0 Å². The lowest BCUT2D eigenvalue weighted by molar-refractivity contribution is -0.129. The second-order valence-corrected chi connectivity index (χ2v) is 6.18. The molecule has 1 atom stereocenters. The number of hydrogen-bond donors (Lipinski definition) is 1. The molecule has 0 aromatic rings. The summed E-state index contributed by atoms with van der Waals surface area (Å²) in [5.74, 6) is -0.833. The summed E-state index contributed by atoms with van der Waals surface area (Å²) < 4.78 is 27.3. The maximum absolute atomic E-state index is 11.5. The Morgan fingerprint density at radius 2 is 2.25 bits per heavy atom. The summed E-state index contributed by atoms with van der Waals surface area (Å²) >= 11 is 0. The van der Waals surface area contributed by atoms with Gasteiger partial charge in [0.05, 0.1) is 12.7 Å². The van der Waals surface area contributed by atoms with Gasteiger partial charge in [-0.3, -0.25) is 4.79 Å². The minimum Gasteiger partial charge on any atom is -0.374 e. The quantitative estimate of drug-likeness (QED) is 0.655. The molecule has 1 saturated heterocycles. The summed E-state index contributed by atoms with van der Waals surface area (Å²) in [5, 5.41) is 3.15. The third-order valence-electron chi connectivity index (χ3n) is 2.29. The van der Waals surface area contributed by atoms with Crippen LogP contribution in [0.15, 0.2) is 0 Å². The molecule has 0 bridgehead atoms. The van der Waals surface area contributed by atoms with E-state index in [2.05, 4.69) is 5.32 Å². The number of ether oxygens (including phenoxy) is 1. The van der Waals surface area contributed by atoms with Crippen molar-refractivity contribution in [1.29, 1.82) is 0 Å². The Balaban J connectivity index is 2.38. The number of carbonyl (C=O) groups is 1. The standard InChI is InChI=1S/C9H18N2O4S/c1-11(9(12)7-16(2,13)14)6-8-5-10-3-4-15-8/h8,10H,3-7H2,1-2H3. The number of nitrogens with zero attached hydrogens (tertiary/aromatic N) is 1. The van der Waals surface area contributed by atoms with E-state index in [-0.39, 0.29) is 6.10 Å². The van der Waals surface area contributed by atoms with Gasteiger partial charge in [0, 0.05) is 32.9 Å². The van der Waals surface area contributed by atoms with Gasteiger partial charge in [0.15, 0.2) is 9.84 Å². The molecule has 16 heavy (non-hydrogen) atoms. The Bertz CT molecular complexity index is 335. The number of likely N-dealkylation sites (N-methyl/N-ethyl adjacent to an activating group) is 1. The van der Waals surface area contributed by atoms with Gasteiger partial charge in [-0.15, -0.1) is 0 Å². The van der Waals surface area contributed by atoms with Crippen molar-refractivity contribution in [2.75, 3.05) is 45.3 Å². The van der Waals surface area contributed by atoms with E-state index in [0.29, 0.717) is 19.7 Å². The minimum atomic E-state index is -3.26. The molecule has 1 unspecified atom stereocenters. The summed E-state index contributed by atoms with van der Waals surface area (Å²) in [4.78, 5) is 12.9. The molecule has 0 aliphatic carbocycles. The first-order valence-electron chi connectivity index (χ1n) is 5.12. The SMILES string of the molecule is CN(CC1CNCCO1)C(=O)CS(C)(=O)=O. The van der Waals surface area contributed by atoms with Gasteiger partial charge in [-0.05, 0) is 0 Å². The zero-order valence-electron chi connectivity index (χ0n) is 9.60. The van der Waals surface area contributed by atoms with Crippen LogP contribution in [0.4, 0.5) is 0 Å². The summed E-state index contributed by atoms with van der Waals surface area (Å²) in [6.07, 6.45) is 1.000. The predicted octanol–water partition coefficient (Wildman–Crippen LogP) is -1.52. The monoisotopic (exact) mass is 250 g/mol. The molecule has 1 fully saturated rings. The molecular weight excluding hydrogens is 232 g/mol. The van der Waals surface area contributed by atoms with Gasteiger partial charge >= 0.3 is 0 Å². The largest absolute Gasteiger partial charge is 0.374 e. The number of sulfone groups is 1. The van der Waals surface area contributed by atoms with Crippen LogP contribution in [-0.2, 0) is 19.4 Å². The van der Waals surface area contributed by atoms with Gasteiger partial charge < -0.3 is 15.0 Å². The fourth-order valence-corrected chi connectivity index (χ4v) is 2.15. The molecule has 0 spiro atoms. The van der Waals surface area contributed by atoms with Crippen molar-refractivity contribution in [2.45, 2.75) is 6.10 Å². The van der Waals surface area contributed by atoms with Crippen molar-refractivity contribution < 1.29 is 17.9 Å². The molecule has 0 aromatic carbocycles. The van der Waals surface area contributed by atoms with E-state index in [4.69, 9.17) is 4.74 Å². The Morgan fingerprint density at radius 3 is 2.75 bits per heavy atom. The summed E-state index contributed by atoms with van der Waals surface area (Å²) in [5.41, 5.74) is 0. The number of hydrogen-bond acceptors (Lipinski definition) is 5. The topological polar surface area (TPSA) is 75.7 Å². The lowest BCUT2D eigenvalue weighted by Gasteiger charge is -2.27. The fraction of sp³-hybridized carbons (Fsp3) is 0.889. The molecule has 1 aliphatic rings. The van der Waals surface area contributed by atoms with E-state index in [9.17, 15) is 13.2 Å². The summed E-state index contributed by atoms with van der Waals surface area (Å²) in [7, 11) is -1.67. The van der Waals surface area contributed by atoms with Crippen LogP contribution in [0.1, 0.15) is 0 Å².